The highest BCUT2D eigenvalue weighted by atomic mass is 32.1. The van der Waals surface area contributed by atoms with Crippen molar-refractivity contribution < 1.29 is 4.74 Å². The van der Waals surface area contributed by atoms with E-state index in [-0.39, 0.29) is 12.2 Å². The molecule has 6 rings (SSSR count). The number of thiazole rings is 2. The van der Waals surface area contributed by atoms with Gasteiger partial charge in [0.1, 0.15) is 22.2 Å². The monoisotopic (exact) mass is 534 g/mol. The maximum absolute atomic E-state index is 7.11. The summed E-state index contributed by atoms with van der Waals surface area (Å²) in [6.07, 6.45) is 9.92. The minimum atomic E-state index is -0.0160. The Bertz CT molecular complexity index is 1110. The Kier molecular flexibility index (Phi) is 8.44. The highest BCUT2D eigenvalue weighted by Crippen LogP contribution is 2.38. The first kappa shape index (κ1) is 25.4. The average Bonchev–Trinajstić information content (AvgIpc) is 3.58. The Morgan fingerprint density at radius 2 is 1.05 bits per heavy atom. The number of hydrogen-bond donors (Lipinski definition) is 0. The standard InChI is InChI=1S/C30H38N4OS2/c1-7-17-33(18-8-1)21-15-25(29-31-23-11-3-5-13-27(23)36-29)35-26(16-22-34-19-9-2-10-20-34)30-32-24-12-4-6-14-28(24)37-30/h3-6,11-14,25-26H,1-2,7-10,15-22H2. The second kappa shape index (κ2) is 12.3. The fourth-order valence-corrected chi connectivity index (χ4v) is 7.80. The number of aromatic nitrogens is 2. The summed E-state index contributed by atoms with van der Waals surface area (Å²) >= 11 is 3.60. The van der Waals surface area contributed by atoms with Gasteiger partial charge in [-0.1, -0.05) is 37.1 Å². The molecule has 4 heterocycles. The van der Waals surface area contributed by atoms with Crippen molar-refractivity contribution in [3.05, 3.63) is 58.5 Å². The number of nitrogens with zero attached hydrogens (tertiary/aromatic N) is 4. The van der Waals surface area contributed by atoms with Gasteiger partial charge in [0.15, 0.2) is 0 Å². The molecule has 0 bridgehead atoms. The molecule has 0 aliphatic carbocycles. The van der Waals surface area contributed by atoms with Gasteiger partial charge < -0.3 is 14.5 Å². The molecule has 0 spiro atoms. The van der Waals surface area contributed by atoms with E-state index in [0.717, 1.165) is 47.0 Å². The van der Waals surface area contributed by atoms with Crippen LogP contribution in [0.25, 0.3) is 20.4 Å². The number of rotatable bonds is 10. The molecule has 2 saturated heterocycles. The number of likely N-dealkylation sites (tertiary alicyclic amines) is 2. The molecule has 2 fully saturated rings. The van der Waals surface area contributed by atoms with Crippen molar-refractivity contribution >= 4 is 43.1 Å². The molecule has 5 nitrogen and oxygen atoms in total. The van der Waals surface area contributed by atoms with Crippen molar-refractivity contribution in [2.75, 3.05) is 39.3 Å². The largest absolute Gasteiger partial charge is 0.361 e. The molecule has 2 aromatic heterocycles. The van der Waals surface area contributed by atoms with Crippen LogP contribution in [0.2, 0.25) is 0 Å². The molecule has 2 aromatic carbocycles. The molecule has 0 radical (unpaired) electrons. The Balaban J connectivity index is 1.26. The molecule has 2 atom stereocenters. The average molecular weight is 535 g/mol. The molecule has 0 N–H and O–H groups in total. The lowest BCUT2D eigenvalue weighted by Crippen LogP contribution is -2.32. The fraction of sp³-hybridized carbons (Fsp3) is 0.533. The van der Waals surface area contributed by atoms with Crippen LogP contribution in [0.3, 0.4) is 0 Å². The molecule has 2 aliphatic rings. The zero-order valence-electron chi connectivity index (χ0n) is 21.7. The van der Waals surface area contributed by atoms with Crippen molar-refractivity contribution in [3.63, 3.8) is 0 Å². The van der Waals surface area contributed by atoms with Gasteiger partial charge in [0, 0.05) is 13.1 Å². The number of para-hydroxylation sites is 2. The summed E-state index contributed by atoms with van der Waals surface area (Å²) in [6.45, 7) is 6.98. The Labute approximate surface area is 228 Å². The van der Waals surface area contributed by atoms with Gasteiger partial charge in [-0.15, -0.1) is 22.7 Å². The van der Waals surface area contributed by atoms with Crippen molar-refractivity contribution in [1.82, 2.24) is 19.8 Å². The summed E-state index contributed by atoms with van der Waals surface area (Å²) in [5.41, 5.74) is 2.16. The number of ether oxygens (including phenoxy) is 1. The quantitative estimate of drug-likeness (QED) is 0.211. The first-order valence-electron chi connectivity index (χ1n) is 14.1. The lowest BCUT2D eigenvalue weighted by atomic mass is 10.1. The summed E-state index contributed by atoms with van der Waals surface area (Å²) < 4.78 is 9.60. The third-order valence-electron chi connectivity index (χ3n) is 7.81. The van der Waals surface area contributed by atoms with Gasteiger partial charge in [-0.05, 0) is 89.0 Å². The SMILES string of the molecule is c1ccc2sc(C(CCN3CCCCC3)OC(CCN3CCCCC3)c3nc4ccccc4s3)nc2c1. The lowest BCUT2D eigenvalue weighted by molar-refractivity contribution is -0.0330. The van der Waals surface area contributed by atoms with Gasteiger partial charge >= 0.3 is 0 Å². The molecule has 7 heteroatoms. The number of fused-ring (bicyclic) bond motifs is 2. The second-order valence-electron chi connectivity index (χ2n) is 10.5. The third kappa shape index (κ3) is 6.40. The van der Waals surface area contributed by atoms with Crippen LogP contribution in [0.4, 0.5) is 0 Å². The van der Waals surface area contributed by atoms with E-state index < -0.39 is 0 Å². The summed E-state index contributed by atoms with van der Waals surface area (Å²) in [6, 6.07) is 17.0. The van der Waals surface area contributed by atoms with Crippen LogP contribution in [-0.4, -0.2) is 59.0 Å². The van der Waals surface area contributed by atoms with E-state index in [1.54, 1.807) is 22.7 Å². The molecule has 4 aromatic rings. The van der Waals surface area contributed by atoms with E-state index in [1.807, 2.05) is 0 Å². The van der Waals surface area contributed by atoms with Gasteiger partial charge in [0.05, 0.1) is 20.4 Å². The molecular formula is C30H38N4OS2. The maximum atomic E-state index is 7.11. The first-order valence-corrected chi connectivity index (χ1v) is 15.8. The molecule has 0 amide bonds. The Morgan fingerprint density at radius 3 is 1.49 bits per heavy atom. The predicted octanol–water partition coefficient (Wildman–Crippen LogP) is 7.46. The van der Waals surface area contributed by atoms with Crippen LogP contribution in [-0.2, 0) is 4.74 Å². The van der Waals surface area contributed by atoms with E-state index in [4.69, 9.17) is 14.7 Å². The van der Waals surface area contributed by atoms with Gasteiger partial charge in [0.2, 0.25) is 0 Å². The summed E-state index contributed by atoms with van der Waals surface area (Å²) in [5.74, 6) is 0. The molecular weight excluding hydrogens is 496 g/mol. The molecule has 0 saturated carbocycles. The molecule has 37 heavy (non-hydrogen) atoms. The minimum Gasteiger partial charge on any atom is -0.361 e. The predicted molar refractivity (Wildman–Crippen MR) is 156 cm³/mol. The van der Waals surface area contributed by atoms with Gasteiger partial charge in [-0.3, -0.25) is 0 Å². The van der Waals surface area contributed by atoms with Crippen LogP contribution >= 0.6 is 22.7 Å². The maximum Gasteiger partial charge on any atom is 0.123 e. The lowest BCUT2D eigenvalue weighted by Gasteiger charge is -2.30. The van der Waals surface area contributed by atoms with Crippen molar-refractivity contribution in [2.45, 2.75) is 63.6 Å². The normalized spacial score (nSPS) is 19.5. The van der Waals surface area contributed by atoms with Crippen LogP contribution in [0.5, 0.6) is 0 Å². The Hall–Kier alpha value is -1.90. The number of benzene rings is 2. The van der Waals surface area contributed by atoms with Crippen molar-refractivity contribution in [3.8, 4) is 0 Å². The second-order valence-corrected chi connectivity index (χ2v) is 12.7. The summed E-state index contributed by atoms with van der Waals surface area (Å²) in [4.78, 5) is 15.4. The van der Waals surface area contributed by atoms with E-state index >= 15 is 0 Å². The van der Waals surface area contributed by atoms with Crippen LogP contribution in [0.15, 0.2) is 48.5 Å². The van der Waals surface area contributed by atoms with E-state index in [0.29, 0.717) is 0 Å². The zero-order chi connectivity index (χ0) is 24.9. The number of piperidine rings is 2. The molecule has 2 aliphatic heterocycles. The minimum absolute atomic E-state index is 0.0160. The van der Waals surface area contributed by atoms with Crippen LogP contribution in [0, 0.1) is 0 Å². The number of hydrogen-bond acceptors (Lipinski definition) is 7. The van der Waals surface area contributed by atoms with Gasteiger partial charge in [0.25, 0.3) is 0 Å². The highest BCUT2D eigenvalue weighted by molar-refractivity contribution is 7.19. The zero-order valence-corrected chi connectivity index (χ0v) is 23.3. The van der Waals surface area contributed by atoms with Crippen molar-refractivity contribution in [1.29, 1.82) is 0 Å². The van der Waals surface area contributed by atoms with Crippen LogP contribution in [0.1, 0.15) is 73.6 Å². The molecule has 196 valence electrons. The summed E-state index contributed by atoms with van der Waals surface area (Å²) in [7, 11) is 0. The van der Waals surface area contributed by atoms with Crippen LogP contribution < -0.4 is 0 Å². The van der Waals surface area contributed by atoms with Gasteiger partial charge in [-0.25, -0.2) is 9.97 Å². The summed E-state index contributed by atoms with van der Waals surface area (Å²) in [5, 5.41) is 2.23. The smallest absolute Gasteiger partial charge is 0.123 e. The van der Waals surface area contributed by atoms with E-state index in [2.05, 4.69) is 58.3 Å². The third-order valence-corrected chi connectivity index (χ3v) is 10.1. The van der Waals surface area contributed by atoms with Crippen molar-refractivity contribution in [2.24, 2.45) is 0 Å². The van der Waals surface area contributed by atoms with E-state index in [9.17, 15) is 0 Å². The fourth-order valence-electron chi connectivity index (χ4n) is 5.72. The Morgan fingerprint density at radius 1 is 0.622 bits per heavy atom. The van der Waals surface area contributed by atoms with E-state index in [1.165, 1.54) is 74.1 Å². The van der Waals surface area contributed by atoms with Gasteiger partial charge in [-0.2, -0.15) is 0 Å². The highest BCUT2D eigenvalue weighted by Gasteiger charge is 2.27. The topological polar surface area (TPSA) is 41.5 Å². The first-order chi connectivity index (χ1) is 18.3. The molecule has 2 unspecified atom stereocenters.